The van der Waals surface area contributed by atoms with Gasteiger partial charge in [0, 0.05) is 11.5 Å². The monoisotopic (exact) mass is 357 g/mol. The van der Waals surface area contributed by atoms with Gasteiger partial charge in [0.2, 0.25) is 0 Å². The fourth-order valence-corrected chi connectivity index (χ4v) is 4.22. The Bertz CT molecular complexity index is 880. The Labute approximate surface area is 150 Å². The van der Waals surface area contributed by atoms with Crippen LogP contribution in [0.15, 0.2) is 48.6 Å². The van der Waals surface area contributed by atoms with Crippen molar-refractivity contribution >= 4 is 23.3 Å². The van der Waals surface area contributed by atoms with E-state index in [0.29, 0.717) is 21.8 Å². The first-order chi connectivity index (χ1) is 12.1. The molecule has 1 N–H and O–H groups in total. The second-order valence-electron chi connectivity index (χ2n) is 6.37. The number of esters is 1. The minimum absolute atomic E-state index is 0.00587. The highest BCUT2D eigenvalue weighted by Gasteiger charge is 2.41. The van der Waals surface area contributed by atoms with Crippen molar-refractivity contribution in [1.29, 1.82) is 0 Å². The first kappa shape index (κ1) is 16.2. The second kappa shape index (κ2) is 6.19. The van der Waals surface area contributed by atoms with Gasteiger partial charge in [-0.25, -0.2) is 9.18 Å². The molecular weight excluding hydrogens is 341 g/mol. The van der Waals surface area contributed by atoms with Crippen molar-refractivity contribution in [2.75, 3.05) is 12.4 Å². The smallest absolute Gasteiger partial charge is 0.338 e. The zero-order chi connectivity index (χ0) is 17.6. The number of fused-ring (bicyclic) bond motifs is 3. The van der Waals surface area contributed by atoms with Gasteiger partial charge < -0.3 is 10.1 Å². The zero-order valence-electron chi connectivity index (χ0n) is 13.6. The third kappa shape index (κ3) is 2.52. The van der Waals surface area contributed by atoms with E-state index in [2.05, 4.69) is 17.5 Å². The van der Waals surface area contributed by atoms with E-state index >= 15 is 0 Å². The molecule has 128 valence electrons. The van der Waals surface area contributed by atoms with E-state index < -0.39 is 5.97 Å². The molecule has 0 fully saturated rings. The van der Waals surface area contributed by atoms with Gasteiger partial charge >= 0.3 is 5.97 Å². The molecule has 0 unspecified atom stereocenters. The van der Waals surface area contributed by atoms with Gasteiger partial charge in [0.05, 0.1) is 29.4 Å². The summed E-state index contributed by atoms with van der Waals surface area (Å²) >= 11 is 6.41. The molecule has 0 bridgehead atoms. The van der Waals surface area contributed by atoms with Crippen LogP contribution in [0.4, 0.5) is 10.1 Å². The minimum atomic E-state index is -0.391. The maximum Gasteiger partial charge on any atom is 0.338 e. The van der Waals surface area contributed by atoms with Gasteiger partial charge in [-0.2, -0.15) is 0 Å². The topological polar surface area (TPSA) is 38.3 Å². The highest BCUT2D eigenvalue weighted by Crippen LogP contribution is 2.52. The summed E-state index contributed by atoms with van der Waals surface area (Å²) in [6.07, 6.45) is 4.98. The summed E-state index contributed by atoms with van der Waals surface area (Å²) in [6, 6.07) is 9.95. The highest BCUT2D eigenvalue weighted by molar-refractivity contribution is 6.33. The molecule has 2 aromatic rings. The molecule has 5 heteroatoms. The number of halogens is 2. The van der Waals surface area contributed by atoms with Crippen molar-refractivity contribution < 1.29 is 13.9 Å². The molecule has 25 heavy (non-hydrogen) atoms. The quantitative estimate of drug-likeness (QED) is 0.600. The predicted molar refractivity (Wildman–Crippen MR) is 95.5 cm³/mol. The number of rotatable bonds is 2. The molecule has 0 aromatic heterocycles. The molecule has 4 rings (SSSR count). The van der Waals surface area contributed by atoms with Crippen LogP contribution in [0.1, 0.15) is 39.9 Å². The SMILES string of the molecule is COC(=O)c1ccc(Cl)c2c1[C@@H]1C=CC[C@H]1[C@H](c1ccccc1F)N2. The van der Waals surface area contributed by atoms with Crippen LogP contribution in [-0.2, 0) is 4.74 Å². The van der Waals surface area contributed by atoms with Crippen molar-refractivity contribution in [3.8, 4) is 0 Å². The number of methoxy groups -OCH3 is 1. The van der Waals surface area contributed by atoms with Crippen molar-refractivity contribution in [3.05, 3.63) is 76.1 Å². The van der Waals surface area contributed by atoms with Crippen molar-refractivity contribution in [1.82, 2.24) is 0 Å². The lowest BCUT2D eigenvalue weighted by molar-refractivity contribution is 0.0598. The summed E-state index contributed by atoms with van der Waals surface area (Å²) < 4.78 is 19.3. The first-order valence-electron chi connectivity index (χ1n) is 8.20. The molecule has 0 saturated heterocycles. The molecule has 3 nitrogen and oxygen atoms in total. The highest BCUT2D eigenvalue weighted by atomic mass is 35.5. The number of benzene rings is 2. The summed E-state index contributed by atoms with van der Waals surface area (Å²) in [6.45, 7) is 0. The molecule has 0 radical (unpaired) electrons. The maximum atomic E-state index is 14.4. The predicted octanol–water partition coefficient (Wildman–Crippen LogP) is 5.09. The van der Waals surface area contributed by atoms with Gasteiger partial charge in [0.25, 0.3) is 0 Å². The molecular formula is C20H17ClFNO2. The standard InChI is InChI=1S/C20H17ClFNO2/c1-25-20(24)14-9-10-15(21)19-17(14)11-6-4-7-12(11)18(23-19)13-5-2-3-8-16(13)22/h2-6,8-12,18,23H,7H2,1H3/t11-,12-,18-/m1/s1. The molecule has 2 aromatic carbocycles. The Kier molecular flexibility index (Phi) is 4.00. The van der Waals surface area contributed by atoms with Crippen molar-refractivity contribution in [3.63, 3.8) is 0 Å². The third-order valence-electron chi connectivity index (χ3n) is 5.11. The largest absolute Gasteiger partial charge is 0.465 e. The van der Waals surface area contributed by atoms with Crippen molar-refractivity contribution in [2.45, 2.75) is 18.4 Å². The van der Waals surface area contributed by atoms with Crippen molar-refractivity contribution in [2.24, 2.45) is 5.92 Å². The number of anilines is 1. The fourth-order valence-electron chi connectivity index (χ4n) is 4.00. The molecule has 1 aliphatic carbocycles. The van der Waals surface area contributed by atoms with Crippen LogP contribution in [0.5, 0.6) is 0 Å². The number of hydrogen-bond acceptors (Lipinski definition) is 3. The molecule has 0 amide bonds. The zero-order valence-corrected chi connectivity index (χ0v) is 14.4. The van der Waals surface area contributed by atoms with E-state index in [0.717, 1.165) is 12.0 Å². The number of allylic oxidation sites excluding steroid dienone is 2. The number of hydrogen-bond donors (Lipinski definition) is 1. The van der Waals surface area contributed by atoms with E-state index in [1.807, 2.05) is 6.07 Å². The summed E-state index contributed by atoms with van der Waals surface area (Å²) in [5, 5.41) is 3.91. The van der Waals surface area contributed by atoms with E-state index in [1.165, 1.54) is 13.2 Å². The Morgan fingerprint density at radius 1 is 1.28 bits per heavy atom. The van der Waals surface area contributed by atoms with Crippen LogP contribution in [0.2, 0.25) is 5.02 Å². The number of carbonyl (C=O) groups excluding carboxylic acids is 1. The molecule has 1 aliphatic heterocycles. The Balaban J connectivity index is 1.89. The fraction of sp³-hybridized carbons (Fsp3) is 0.250. The van der Waals surface area contributed by atoms with Gasteiger partial charge in [-0.1, -0.05) is 42.0 Å². The molecule has 0 spiro atoms. The molecule has 3 atom stereocenters. The van der Waals surface area contributed by atoms with Gasteiger partial charge in [0.15, 0.2) is 0 Å². The summed E-state index contributed by atoms with van der Waals surface area (Å²) in [5.41, 5.74) is 2.64. The number of ether oxygens (including phenoxy) is 1. The number of nitrogens with one attached hydrogen (secondary N) is 1. The van der Waals surface area contributed by atoms with Crippen LogP contribution in [0, 0.1) is 11.7 Å². The van der Waals surface area contributed by atoms with E-state index in [4.69, 9.17) is 16.3 Å². The van der Waals surface area contributed by atoms with Crippen LogP contribution in [-0.4, -0.2) is 13.1 Å². The average Bonchev–Trinajstić information content (AvgIpc) is 3.11. The first-order valence-corrected chi connectivity index (χ1v) is 8.58. The normalized spacial score (nSPS) is 23.6. The molecule has 0 saturated carbocycles. The van der Waals surface area contributed by atoms with E-state index in [1.54, 1.807) is 24.3 Å². The number of carbonyl (C=O) groups is 1. The van der Waals surface area contributed by atoms with Gasteiger partial charge in [-0.15, -0.1) is 0 Å². The van der Waals surface area contributed by atoms with Gasteiger partial charge in [-0.3, -0.25) is 0 Å². The summed E-state index contributed by atoms with van der Waals surface area (Å²) in [7, 11) is 1.36. The third-order valence-corrected chi connectivity index (χ3v) is 5.43. The second-order valence-corrected chi connectivity index (χ2v) is 6.78. The van der Waals surface area contributed by atoms with Gasteiger partial charge in [0.1, 0.15) is 5.82 Å². The van der Waals surface area contributed by atoms with E-state index in [9.17, 15) is 9.18 Å². The lowest BCUT2D eigenvalue weighted by Crippen LogP contribution is -2.31. The van der Waals surface area contributed by atoms with Crippen LogP contribution in [0.25, 0.3) is 0 Å². The summed E-state index contributed by atoms with van der Waals surface area (Å²) in [4.78, 5) is 12.2. The van der Waals surface area contributed by atoms with Crippen LogP contribution in [0.3, 0.4) is 0 Å². The minimum Gasteiger partial charge on any atom is -0.465 e. The van der Waals surface area contributed by atoms with E-state index in [-0.39, 0.29) is 23.7 Å². The Hall–Kier alpha value is -2.33. The lowest BCUT2D eigenvalue weighted by atomic mass is 9.75. The average molecular weight is 358 g/mol. The molecule has 2 aliphatic rings. The van der Waals surface area contributed by atoms with Crippen LogP contribution >= 0.6 is 11.6 Å². The van der Waals surface area contributed by atoms with Crippen LogP contribution < -0.4 is 5.32 Å². The maximum absolute atomic E-state index is 14.4. The Morgan fingerprint density at radius 3 is 2.84 bits per heavy atom. The lowest BCUT2D eigenvalue weighted by Gasteiger charge is -2.38. The molecule has 1 heterocycles. The van der Waals surface area contributed by atoms with Gasteiger partial charge in [-0.05, 0) is 36.1 Å². The Morgan fingerprint density at radius 2 is 2.08 bits per heavy atom. The summed E-state index contributed by atoms with van der Waals surface area (Å²) in [5.74, 6) is -0.521.